The second-order valence-electron chi connectivity index (χ2n) is 2.52. The summed E-state index contributed by atoms with van der Waals surface area (Å²) in [4.78, 5) is 12.5. The molecule has 1 aromatic heterocycles. The lowest BCUT2D eigenvalue weighted by molar-refractivity contribution is -0.387. The van der Waals surface area contributed by atoms with Crippen molar-refractivity contribution in [2.24, 2.45) is 0 Å². The van der Waals surface area contributed by atoms with Gasteiger partial charge in [0.25, 0.3) is 6.43 Å². The van der Waals surface area contributed by atoms with Gasteiger partial charge in [0, 0.05) is 6.07 Å². The molecule has 1 heterocycles. The third-order valence-corrected chi connectivity index (χ3v) is 1.86. The molecular formula is C7H4ClF3N2O2. The van der Waals surface area contributed by atoms with Crippen molar-refractivity contribution in [3.05, 3.63) is 33.4 Å². The molecule has 4 nitrogen and oxygen atoms in total. The fraction of sp³-hybridized carbons (Fsp3) is 0.286. The first-order chi connectivity index (χ1) is 6.97. The van der Waals surface area contributed by atoms with Gasteiger partial charge in [0.1, 0.15) is 11.3 Å². The molecule has 1 aromatic rings. The zero-order valence-corrected chi connectivity index (χ0v) is 7.84. The Kier molecular flexibility index (Phi) is 3.46. The summed E-state index contributed by atoms with van der Waals surface area (Å²) in [6.07, 6.45) is -3.15. The molecule has 15 heavy (non-hydrogen) atoms. The largest absolute Gasteiger partial charge is 0.301 e. The van der Waals surface area contributed by atoms with E-state index in [0.717, 1.165) is 0 Å². The van der Waals surface area contributed by atoms with Crippen molar-refractivity contribution in [1.29, 1.82) is 0 Å². The van der Waals surface area contributed by atoms with Gasteiger partial charge >= 0.3 is 5.69 Å². The summed E-state index contributed by atoms with van der Waals surface area (Å²) in [6.45, 7) is 0. The minimum Gasteiger partial charge on any atom is -0.258 e. The van der Waals surface area contributed by atoms with Crippen LogP contribution in [0.1, 0.15) is 17.7 Å². The number of nitro groups is 1. The molecule has 8 heteroatoms. The van der Waals surface area contributed by atoms with E-state index in [1.807, 2.05) is 0 Å². The zero-order valence-electron chi connectivity index (χ0n) is 7.08. The predicted molar refractivity (Wildman–Crippen MR) is 45.4 cm³/mol. The van der Waals surface area contributed by atoms with E-state index in [1.54, 1.807) is 0 Å². The number of nitrogens with zero attached hydrogens (tertiary/aromatic N) is 2. The maximum Gasteiger partial charge on any atom is 0.301 e. The van der Waals surface area contributed by atoms with Crippen LogP contribution in [0.5, 0.6) is 0 Å². The summed E-state index contributed by atoms with van der Waals surface area (Å²) in [5.74, 6) is -1.72. The van der Waals surface area contributed by atoms with E-state index in [9.17, 15) is 23.3 Å². The van der Waals surface area contributed by atoms with Crippen LogP contribution < -0.4 is 0 Å². The van der Waals surface area contributed by atoms with E-state index < -0.39 is 40.1 Å². The lowest BCUT2D eigenvalue weighted by Gasteiger charge is -2.04. The van der Waals surface area contributed by atoms with Crippen molar-refractivity contribution < 1.29 is 18.1 Å². The number of aromatic nitrogens is 1. The molecule has 0 spiro atoms. The zero-order chi connectivity index (χ0) is 11.6. The number of halogens is 4. The first-order valence-electron chi connectivity index (χ1n) is 3.65. The highest BCUT2D eigenvalue weighted by Gasteiger charge is 2.27. The van der Waals surface area contributed by atoms with Gasteiger partial charge in [-0.25, -0.2) is 13.8 Å². The second kappa shape index (κ2) is 4.43. The molecule has 0 N–H and O–H groups in total. The summed E-state index contributed by atoms with van der Waals surface area (Å²) >= 11 is 5.25. The number of pyridine rings is 1. The van der Waals surface area contributed by atoms with Crippen LogP contribution in [0.2, 0.25) is 0 Å². The molecule has 0 aliphatic rings. The molecule has 0 aromatic carbocycles. The Morgan fingerprint density at radius 2 is 2.20 bits per heavy atom. The molecule has 0 fully saturated rings. The molecule has 1 rings (SSSR count). The van der Waals surface area contributed by atoms with Crippen molar-refractivity contribution in [3.63, 3.8) is 0 Å². The molecule has 0 atom stereocenters. The minimum atomic E-state index is -3.15. The van der Waals surface area contributed by atoms with E-state index in [4.69, 9.17) is 11.6 Å². The highest BCUT2D eigenvalue weighted by molar-refractivity contribution is 6.17. The molecule has 0 aliphatic heterocycles. The van der Waals surface area contributed by atoms with Gasteiger partial charge in [0.15, 0.2) is 0 Å². The van der Waals surface area contributed by atoms with Gasteiger partial charge in [-0.3, -0.25) is 10.1 Å². The lowest BCUT2D eigenvalue weighted by atomic mass is 10.2. The van der Waals surface area contributed by atoms with Crippen LogP contribution >= 0.6 is 11.6 Å². The fourth-order valence-corrected chi connectivity index (χ4v) is 1.23. The van der Waals surface area contributed by atoms with Crippen molar-refractivity contribution >= 4 is 17.3 Å². The summed E-state index contributed by atoms with van der Waals surface area (Å²) in [6, 6.07) is 0.332. The van der Waals surface area contributed by atoms with Gasteiger partial charge in [0.2, 0.25) is 5.95 Å². The average Bonchev–Trinajstić information content (AvgIpc) is 2.15. The van der Waals surface area contributed by atoms with Crippen LogP contribution in [0.25, 0.3) is 0 Å². The number of hydrogen-bond acceptors (Lipinski definition) is 3. The van der Waals surface area contributed by atoms with Crippen LogP contribution in [0, 0.1) is 16.1 Å². The van der Waals surface area contributed by atoms with E-state index in [-0.39, 0.29) is 0 Å². The van der Waals surface area contributed by atoms with Crippen molar-refractivity contribution in [1.82, 2.24) is 4.98 Å². The van der Waals surface area contributed by atoms with Gasteiger partial charge in [0.05, 0.1) is 10.8 Å². The van der Waals surface area contributed by atoms with Crippen LogP contribution in [0.4, 0.5) is 18.9 Å². The van der Waals surface area contributed by atoms with Crippen molar-refractivity contribution in [2.45, 2.75) is 12.3 Å². The van der Waals surface area contributed by atoms with Gasteiger partial charge < -0.3 is 0 Å². The molecule has 0 unspecified atom stereocenters. The Labute approximate surface area is 86.8 Å². The van der Waals surface area contributed by atoms with Gasteiger partial charge in [-0.05, 0) is 0 Å². The highest BCUT2D eigenvalue weighted by Crippen LogP contribution is 2.32. The molecular weight excluding hydrogens is 237 g/mol. The standard InChI is InChI=1S/C7H4ClF3N2O2/c8-2-4-6(13(14)15)3(7(10)11)1-5(9)12-4/h1,7H,2H2. The Morgan fingerprint density at radius 3 is 2.60 bits per heavy atom. The minimum absolute atomic E-state index is 0.332. The Balaban J connectivity index is 3.47. The monoisotopic (exact) mass is 240 g/mol. The van der Waals surface area contributed by atoms with E-state index in [2.05, 4.69) is 4.98 Å². The molecule has 82 valence electrons. The predicted octanol–water partition coefficient (Wildman–Crippen LogP) is 2.81. The van der Waals surface area contributed by atoms with E-state index >= 15 is 0 Å². The summed E-state index contributed by atoms with van der Waals surface area (Å²) in [5.41, 5.74) is -2.44. The highest BCUT2D eigenvalue weighted by atomic mass is 35.5. The molecule has 0 radical (unpaired) electrons. The average molecular weight is 241 g/mol. The topological polar surface area (TPSA) is 56.0 Å². The molecule has 0 amide bonds. The molecule has 0 saturated heterocycles. The maximum atomic E-state index is 12.7. The third kappa shape index (κ3) is 2.35. The normalized spacial score (nSPS) is 10.7. The molecule has 0 bridgehead atoms. The maximum absolute atomic E-state index is 12.7. The SMILES string of the molecule is O=[N+]([O-])c1c(C(F)F)cc(F)nc1CCl. The summed E-state index contributed by atoms with van der Waals surface area (Å²) in [5, 5.41) is 10.5. The van der Waals surface area contributed by atoms with Crippen molar-refractivity contribution in [3.8, 4) is 0 Å². The number of alkyl halides is 3. The Bertz CT molecular complexity index is 400. The quantitative estimate of drug-likeness (QED) is 0.353. The van der Waals surface area contributed by atoms with E-state index in [1.165, 1.54) is 0 Å². The molecule has 0 saturated carbocycles. The van der Waals surface area contributed by atoms with Crippen LogP contribution in [0.15, 0.2) is 6.07 Å². The van der Waals surface area contributed by atoms with Gasteiger partial charge in [-0.1, -0.05) is 0 Å². The van der Waals surface area contributed by atoms with Crippen LogP contribution in [-0.4, -0.2) is 9.91 Å². The lowest BCUT2D eigenvalue weighted by Crippen LogP contribution is -2.04. The van der Waals surface area contributed by atoms with E-state index in [0.29, 0.717) is 6.07 Å². The first-order valence-corrected chi connectivity index (χ1v) is 4.18. The van der Waals surface area contributed by atoms with Crippen molar-refractivity contribution in [2.75, 3.05) is 0 Å². The van der Waals surface area contributed by atoms with Gasteiger partial charge in [-0.15, -0.1) is 11.6 Å². The third-order valence-electron chi connectivity index (χ3n) is 1.61. The Morgan fingerprint density at radius 1 is 1.60 bits per heavy atom. The fourth-order valence-electron chi connectivity index (χ4n) is 1.05. The smallest absolute Gasteiger partial charge is 0.258 e. The second-order valence-corrected chi connectivity index (χ2v) is 2.79. The number of hydrogen-bond donors (Lipinski definition) is 0. The van der Waals surface area contributed by atoms with Crippen LogP contribution in [0.3, 0.4) is 0 Å². The first kappa shape index (κ1) is 11.7. The number of rotatable bonds is 3. The van der Waals surface area contributed by atoms with Gasteiger partial charge in [-0.2, -0.15) is 4.39 Å². The summed E-state index contributed by atoms with van der Waals surface area (Å²) in [7, 11) is 0. The van der Waals surface area contributed by atoms with Crippen LogP contribution in [-0.2, 0) is 5.88 Å². The summed E-state index contributed by atoms with van der Waals surface area (Å²) < 4.78 is 37.4. The Hall–Kier alpha value is -1.37. The molecule has 0 aliphatic carbocycles.